The zero-order valence-electron chi connectivity index (χ0n) is 12.5. The van der Waals surface area contributed by atoms with Gasteiger partial charge >= 0.3 is 0 Å². The summed E-state index contributed by atoms with van der Waals surface area (Å²) in [5, 5.41) is 8.05. The molecule has 1 aromatic carbocycles. The van der Waals surface area contributed by atoms with Gasteiger partial charge in [0.1, 0.15) is 0 Å². The Morgan fingerprint density at radius 1 is 1.05 bits per heavy atom. The number of nitrogens with one attached hydrogen (secondary N) is 1. The number of benzene rings is 1. The molecule has 0 fully saturated rings. The average Bonchev–Trinajstić information content (AvgIpc) is 2.96. The summed E-state index contributed by atoms with van der Waals surface area (Å²) in [4.78, 5) is 0. The van der Waals surface area contributed by atoms with Crippen molar-refractivity contribution >= 4 is 11.3 Å². The molecule has 1 nitrogen and oxygen atoms in total. The second-order valence-electron chi connectivity index (χ2n) is 5.83. The van der Waals surface area contributed by atoms with Crippen molar-refractivity contribution in [3.63, 3.8) is 0 Å². The van der Waals surface area contributed by atoms with Gasteiger partial charge in [0.2, 0.25) is 0 Å². The van der Waals surface area contributed by atoms with Gasteiger partial charge in [0, 0.05) is 6.54 Å². The van der Waals surface area contributed by atoms with Crippen molar-refractivity contribution in [1.29, 1.82) is 0 Å². The molecule has 1 atom stereocenters. The van der Waals surface area contributed by atoms with Crippen molar-refractivity contribution in [2.75, 3.05) is 13.1 Å². The molecule has 2 heteroatoms. The molecular formula is C18H25NS. The Labute approximate surface area is 127 Å². The normalized spacial score (nSPS) is 12.8. The molecule has 0 bridgehead atoms. The highest BCUT2D eigenvalue weighted by molar-refractivity contribution is 7.07. The average molecular weight is 287 g/mol. The molecule has 108 valence electrons. The highest BCUT2D eigenvalue weighted by atomic mass is 32.1. The van der Waals surface area contributed by atoms with E-state index in [9.17, 15) is 0 Å². The molecule has 0 amide bonds. The van der Waals surface area contributed by atoms with Crippen LogP contribution in [-0.2, 0) is 6.42 Å². The molecule has 0 spiro atoms. The van der Waals surface area contributed by atoms with E-state index in [1.165, 1.54) is 24.0 Å². The molecule has 1 heterocycles. The summed E-state index contributed by atoms with van der Waals surface area (Å²) in [6.07, 6.45) is 2.39. The highest BCUT2D eigenvalue weighted by Gasteiger charge is 2.11. The van der Waals surface area contributed by atoms with Gasteiger partial charge in [0.25, 0.3) is 0 Å². The predicted molar refractivity (Wildman–Crippen MR) is 89.5 cm³/mol. The van der Waals surface area contributed by atoms with Crippen molar-refractivity contribution in [2.45, 2.75) is 32.6 Å². The first-order chi connectivity index (χ1) is 9.75. The van der Waals surface area contributed by atoms with Crippen molar-refractivity contribution < 1.29 is 0 Å². The van der Waals surface area contributed by atoms with E-state index in [1.54, 1.807) is 11.3 Å². The van der Waals surface area contributed by atoms with Crippen LogP contribution in [0.2, 0.25) is 0 Å². The molecule has 1 N–H and O–H groups in total. The Morgan fingerprint density at radius 3 is 2.50 bits per heavy atom. The van der Waals surface area contributed by atoms with Crippen LogP contribution in [0.25, 0.3) is 0 Å². The number of aryl methyl sites for hydroxylation is 1. The smallest absolute Gasteiger partial charge is 0.00203 e. The standard InChI is InChI=1S/C18H25NS/c1-15(2)12-19-13-18(17-6-4-3-5-7-17)9-8-16-10-11-20-14-16/h3-7,10-11,14-15,18-19H,8-9,12-13H2,1-2H3. The fourth-order valence-corrected chi connectivity index (χ4v) is 3.14. The van der Waals surface area contributed by atoms with Crippen LogP contribution in [0.5, 0.6) is 0 Å². The van der Waals surface area contributed by atoms with Gasteiger partial charge in [-0.05, 0) is 59.2 Å². The Balaban J connectivity index is 1.92. The minimum Gasteiger partial charge on any atom is -0.316 e. The molecule has 1 aromatic heterocycles. The second kappa shape index (κ2) is 8.23. The van der Waals surface area contributed by atoms with Gasteiger partial charge < -0.3 is 5.32 Å². The maximum Gasteiger partial charge on any atom is 0.00203 e. The van der Waals surface area contributed by atoms with Gasteiger partial charge in [0.05, 0.1) is 0 Å². The van der Waals surface area contributed by atoms with E-state index in [4.69, 9.17) is 0 Å². The van der Waals surface area contributed by atoms with Crippen LogP contribution in [-0.4, -0.2) is 13.1 Å². The Bertz CT molecular complexity index is 461. The van der Waals surface area contributed by atoms with E-state index in [1.807, 2.05) is 0 Å². The Hall–Kier alpha value is -1.12. The van der Waals surface area contributed by atoms with E-state index in [0.717, 1.165) is 13.1 Å². The molecule has 0 saturated heterocycles. The molecule has 20 heavy (non-hydrogen) atoms. The van der Waals surface area contributed by atoms with E-state index < -0.39 is 0 Å². The number of rotatable bonds is 8. The first-order valence-corrected chi connectivity index (χ1v) is 8.46. The summed E-state index contributed by atoms with van der Waals surface area (Å²) >= 11 is 1.79. The summed E-state index contributed by atoms with van der Waals surface area (Å²) in [6.45, 7) is 6.69. The van der Waals surface area contributed by atoms with Gasteiger partial charge in [-0.3, -0.25) is 0 Å². The van der Waals surface area contributed by atoms with Crippen LogP contribution in [0.1, 0.15) is 37.3 Å². The summed E-state index contributed by atoms with van der Waals surface area (Å²) in [5.74, 6) is 1.32. The van der Waals surface area contributed by atoms with Crippen molar-refractivity contribution in [3.8, 4) is 0 Å². The topological polar surface area (TPSA) is 12.0 Å². The van der Waals surface area contributed by atoms with Crippen LogP contribution in [0.15, 0.2) is 47.2 Å². The molecule has 0 aliphatic rings. The van der Waals surface area contributed by atoms with Gasteiger partial charge in [-0.2, -0.15) is 11.3 Å². The zero-order chi connectivity index (χ0) is 14.2. The van der Waals surface area contributed by atoms with Crippen LogP contribution >= 0.6 is 11.3 Å². The van der Waals surface area contributed by atoms with E-state index >= 15 is 0 Å². The highest BCUT2D eigenvalue weighted by Crippen LogP contribution is 2.22. The Kier molecular flexibility index (Phi) is 6.28. The lowest BCUT2D eigenvalue weighted by atomic mass is 9.92. The first-order valence-electron chi connectivity index (χ1n) is 7.52. The SMILES string of the molecule is CC(C)CNCC(CCc1ccsc1)c1ccccc1. The summed E-state index contributed by atoms with van der Waals surface area (Å²) in [7, 11) is 0. The fraction of sp³-hybridized carbons (Fsp3) is 0.444. The minimum atomic E-state index is 0.606. The summed E-state index contributed by atoms with van der Waals surface area (Å²) in [6, 6.07) is 13.2. The number of hydrogen-bond donors (Lipinski definition) is 1. The second-order valence-corrected chi connectivity index (χ2v) is 6.61. The maximum absolute atomic E-state index is 3.62. The molecule has 2 aromatic rings. The van der Waals surface area contributed by atoms with Crippen LogP contribution in [0.3, 0.4) is 0 Å². The zero-order valence-corrected chi connectivity index (χ0v) is 13.3. The minimum absolute atomic E-state index is 0.606. The number of hydrogen-bond acceptors (Lipinski definition) is 2. The lowest BCUT2D eigenvalue weighted by Crippen LogP contribution is -2.25. The van der Waals surface area contributed by atoms with Crippen molar-refractivity contribution in [3.05, 3.63) is 58.3 Å². The van der Waals surface area contributed by atoms with Gasteiger partial charge in [0.15, 0.2) is 0 Å². The van der Waals surface area contributed by atoms with Crippen LogP contribution in [0.4, 0.5) is 0 Å². The third kappa shape index (κ3) is 5.10. The van der Waals surface area contributed by atoms with E-state index in [-0.39, 0.29) is 0 Å². The molecular weight excluding hydrogens is 262 g/mol. The Morgan fingerprint density at radius 2 is 1.85 bits per heavy atom. The van der Waals surface area contributed by atoms with Crippen molar-refractivity contribution in [2.24, 2.45) is 5.92 Å². The third-order valence-electron chi connectivity index (χ3n) is 3.58. The molecule has 1 unspecified atom stereocenters. The summed E-state index contributed by atoms with van der Waals surface area (Å²) < 4.78 is 0. The van der Waals surface area contributed by atoms with E-state index in [0.29, 0.717) is 11.8 Å². The lowest BCUT2D eigenvalue weighted by molar-refractivity contribution is 0.500. The molecule has 0 saturated carbocycles. The molecule has 2 rings (SSSR count). The van der Waals surface area contributed by atoms with Gasteiger partial charge in [-0.25, -0.2) is 0 Å². The predicted octanol–water partition coefficient (Wildman–Crippen LogP) is 4.71. The first kappa shape index (κ1) is 15.3. The molecule has 0 radical (unpaired) electrons. The lowest BCUT2D eigenvalue weighted by Gasteiger charge is -2.19. The van der Waals surface area contributed by atoms with E-state index in [2.05, 4.69) is 66.3 Å². The quantitative estimate of drug-likeness (QED) is 0.741. The monoisotopic (exact) mass is 287 g/mol. The molecule has 0 aliphatic carbocycles. The van der Waals surface area contributed by atoms with Crippen LogP contribution in [0, 0.1) is 5.92 Å². The fourth-order valence-electron chi connectivity index (χ4n) is 2.43. The number of thiophene rings is 1. The maximum atomic E-state index is 3.62. The molecule has 0 aliphatic heterocycles. The largest absolute Gasteiger partial charge is 0.316 e. The van der Waals surface area contributed by atoms with Gasteiger partial charge in [-0.1, -0.05) is 44.2 Å². The summed E-state index contributed by atoms with van der Waals surface area (Å²) in [5.41, 5.74) is 2.93. The van der Waals surface area contributed by atoms with Gasteiger partial charge in [-0.15, -0.1) is 0 Å². The third-order valence-corrected chi connectivity index (χ3v) is 4.31. The van der Waals surface area contributed by atoms with Crippen molar-refractivity contribution in [1.82, 2.24) is 5.32 Å². The van der Waals surface area contributed by atoms with Crippen LogP contribution < -0.4 is 5.32 Å².